The van der Waals surface area contributed by atoms with E-state index in [1.807, 2.05) is 12.5 Å². The molecule has 0 unspecified atom stereocenters. The van der Waals surface area contributed by atoms with Crippen LogP contribution in [0.4, 0.5) is 5.69 Å². The number of rotatable bonds is 4. The molecule has 0 radical (unpaired) electrons. The summed E-state index contributed by atoms with van der Waals surface area (Å²) >= 11 is 0. The van der Waals surface area contributed by atoms with Crippen LogP contribution in [0.5, 0.6) is 0 Å². The van der Waals surface area contributed by atoms with Gasteiger partial charge in [-0.1, -0.05) is 6.07 Å². The minimum absolute atomic E-state index is 0.272. The number of fused-ring (bicyclic) bond motifs is 1. The van der Waals surface area contributed by atoms with Gasteiger partial charge in [-0.3, -0.25) is 4.68 Å². The first-order chi connectivity index (χ1) is 13.0. The average molecular weight is 364 g/mol. The fourth-order valence-electron chi connectivity index (χ4n) is 4.19. The lowest BCUT2D eigenvalue weighted by Gasteiger charge is -2.28. The van der Waals surface area contributed by atoms with Gasteiger partial charge in [-0.25, -0.2) is 4.98 Å². The third-order valence-electron chi connectivity index (χ3n) is 6.00. The van der Waals surface area contributed by atoms with Crippen molar-refractivity contribution >= 4 is 5.69 Å². The molecular formula is C22H29N5. The molecule has 1 aromatic carbocycles. The second-order valence-electron chi connectivity index (χ2n) is 7.89. The van der Waals surface area contributed by atoms with E-state index >= 15 is 0 Å². The molecular weight excluding hydrogens is 334 g/mol. The van der Waals surface area contributed by atoms with Gasteiger partial charge in [0.25, 0.3) is 0 Å². The maximum absolute atomic E-state index is 4.74. The van der Waals surface area contributed by atoms with Gasteiger partial charge in [-0.15, -0.1) is 0 Å². The maximum Gasteiger partial charge on any atom is 0.0951 e. The van der Waals surface area contributed by atoms with Crippen LogP contribution < -0.4 is 4.90 Å². The second kappa shape index (κ2) is 6.87. The lowest BCUT2D eigenvalue weighted by Crippen LogP contribution is -2.24. The van der Waals surface area contributed by atoms with Gasteiger partial charge in [0.2, 0.25) is 0 Å². The van der Waals surface area contributed by atoms with Crippen molar-refractivity contribution in [1.82, 2.24) is 19.3 Å². The molecule has 0 amide bonds. The fraction of sp³-hybridized carbons (Fsp3) is 0.455. The Bertz CT molecular complexity index is 965. The Kier molecular flexibility index (Phi) is 4.54. The predicted molar refractivity (Wildman–Crippen MR) is 110 cm³/mol. The number of imidazole rings is 1. The van der Waals surface area contributed by atoms with Crippen LogP contribution in [-0.4, -0.2) is 32.9 Å². The van der Waals surface area contributed by atoms with Gasteiger partial charge in [-0.05, 0) is 63.8 Å². The van der Waals surface area contributed by atoms with E-state index in [-0.39, 0.29) is 6.04 Å². The third-order valence-corrected chi connectivity index (χ3v) is 6.00. The highest BCUT2D eigenvalue weighted by atomic mass is 15.3. The quantitative estimate of drug-likeness (QED) is 0.693. The standard InChI is InChI=1S/C22H29N5/c1-15(27-18(4)16(2)17(3)24-27)13-26-14-23-12-22(26)20-8-9-21-19(11-20)7-6-10-25(21)5/h8-9,11-12,14-15H,6-7,10,13H2,1-5H3/t15-/m1/s1. The molecule has 1 aliphatic heterocycles. The summed E-state index contributed by atoms with van der Waals surface area (Å²) in [7, 11) is 2.18. The van der Waals surface area contributed by atoms with E-state index in [4.69, 9.17) is 5.10 Å². The Labute approximate surface area is 161 Å². The third kappa shape index (κ3) is 3.15. The molecule has 27 heavy (non-hydrogen) atoms. The van der Waals surface area contributed by atoms with E-state index in [1.54, 1.807) is 0 Å². The molecule has 5 nitrogen and oxygen atoms in total. The highest BCUT2D eigenvalue weighted by molar-refractivity contribution is 5.67. The maximum atomic E-state index is 4.74. The van der Waals surface area contributed by atoms with Crippen LogP contribution in [0.25, 0.3) is 11.3 Å². The van der Waals surface area contributed by atoms with Crippen LogP contribution in [-0.2, 0) is 13.0 Å². The van der Waals surface area contributed by atoms with Crippen LogP contribution in [0.2, 0.25) is 0 Å². The zero-order chi connectivity index (χ0) is 19.1. The molecule has 0 aliphatic carbocycles. The van der Waals surface area contributed by atoms with E-state index in [0.717, 1.165) is 25.2 Å². The van der Waals surface area contributed by atoms with Crippen molar-refractivity contribution in [2.24, 2.45) is 0 Å². The topological polar surface area (TPSA) is 38.9 Å². The van der Waals surface area contributed by atoms with E-state index in [9.17, 15) is 0 Å². The molecule has 3 heterocycles. The summed E-state index contributed by atoms with van der Waals surface area (Å²) < 4.78 is 4.40. The Hall–Kier alpha value is -2.56. The molecule has 0 N–H and O–H groups in total. The van der Waals surface area contributed by atoms with E-state index in [1.165, 1.54) is 40.2 Å². The highest BCUT2D eigenvalue weighted by Gasteiger charge is 2.18. The van der Waals surface area contributed by atoms with Crippen LogP contribution in [0.15, 0.2) is 30.7 Å². The summed E-state index contributed by atoms with van der Waals surface area (Å²) in [6.45, 7) is 10.6. The van der Waals surface area contributed by atoms with Crippen molar-refractivity contribution in [3.8, 4) is 11.3 Å². The molecule has 0 fully saturated rings. The number of hydrogen-bond acceptors (Lipinski definition) is 3. The SMILES string of the molecule is Cc1nn([C@H](C)Cn2cncc2-c2ccc3c(c2)CCCN3C)c(C)c1C. The van der Waals surface area contributed by atoms with Gasteiger partial charge in [-0.2, -0.15) is 5.10 Å². The lowest BCUT2D eigenvalue weighted by molar-refractivity contribution is 0.418. The summed E-state index contributed by atoms with van der Waals surface area (Å²) in [6, 6.07) is 7.10. The zero-order valence-electron chi connectivity index (χ0n) is 17.0. The first kappa shape index (κ1) is 17.8. The van der Waals surface area contributed by atoms with Crippen molar-refractivity contribution in [2.75, 3.05) is 18.5 Å². The minimum atomic E-state index is 0.272. The average Bonchev–Trinajstić information content (AvgIpc) is 3.21. The molecule has 5 heteroatoms. The summed E-state index contributed by atoms with van der Waals surface area (Å²) in [5, 5.41) is 4.74. The number of benzene rings is 1. The molecule has 1 atom stereocenters. The Morgan fingerprint density at radius 2 is 2.00 bits per heavy atom. The molecule has 0 bridgehead atoms. The minimum Gasteiger partial charge on any atom is -0.374 e. The van der Waals surface area contributed by atoms with Crippen molar-refractivity contribution < 1.29 is 0 Å². The van der Waals surface area contributed by atoms with Crippen molar-refractivity contribution in [3.05, 3.63) is 53.2 Å². The number of anilines is 1. The smallest absolute Gasteiger partial charge is 0.0951 e. The van der Waals surface area contributed by atoms with Crippen molar-refractivity contribution in [2.45, 2.75) is 53.1 Å². The van der Waals surface area contributed by atoms with Crippen LogP contribution in [0.3, 0.4) is 0 Å². The predicted octanol–water partition coefficient (Wildman–Crippen LogP) is 4.32. The van der Waals surface area contributed by atoms with Gasteiger partial charge in [0.15, 0.2) is 0 Å². The van der Waals surface area contributed by atoms with Gasteiger partial charge >= 0.3 is 0 Å². The normalized spacial score (nSPS) is 15.1. The van der Waals surface area contributed by atoms with Gasteiger partial charge in [0.05, 0.1) is 30.0 Å². The molecule has 142 valence electrons. The molecule has 4 rings (SSSR count). The molecule has 2 aromatic heterocycles. The largest absolute Gasteiger partial charge is 0.374 e. The first-order valence-corrected chi connectivity index (χ1v) is 9.82. The lowest BCUT2D eigenvalue weighted by atomic mass is 9.98. The summed E-state index contributed by atoms with van der Waals surface area (Å²) in [4.78, 5) is 6.79. The van der Waals surface area contributed by atoms with E-state index in [0.29, 0.717) is 0 Å². The fourth-order valence-corrected chi connectivity index (χ4v) is 4.19. The van der Waals surface area contributed by atoms with E-state index < -0.39 is 0 Å². The zero-order valence-corrected chi connectivity index (χ0v) is 17.0. The Balaban J connectivity index is 1.62. The summed E-state index contributed by atoms with van der Waals surface area (Å²) in [6.07, 6.45) is 6.30. The summed E-state index contributed by atoms with van der Waals surface area (Å²) in [5.41, 5.74) is 8.88. The van der Waals surface area contributed by atoms with Crippen molar-refractivity contribution in [3.63, 3.8) is 0 Å². The van der Waals surface area contributed by atoms with Crippen LogP contribution >= 0.6 is 0 Å². The van der Waals surface area contributed by atoms with Gasteiger partial charge in [0, 0.05) is 37.1 Å². The molecule has 1 aliphatic rings. The Morgan fingerprint density at radius 1 is 1.19 bits per heavy atom. The summed E-state index contributed by atoms with van der Waals surface area (Å²) in [5.74, 6) is 0. The van der Waals surface area contributed by atoms with E-state index in [2.05, 4.69) is 72.1 Å². The molecule has 0 saturated heterocycles. The molecule has 0 spiro atoms. The first-order valence-electron chi connectivity index (χ1n) is 9.82. The molecule has 0 saturated carbocycles. The number of hydrogen-bond donors (Lipinski definition) is 0. The molecule has 3 aromatic rings. The van der Waals surface area contributed by atoms with Crippen LogP contribution in [0, 0.1) is 20.8 Å². The number of aryl methyl sites for hydroxylation is 2. The van der Waals surface area contributed by atoms with Gasteiger partial charge in [0.1, 0.15) is 0 Å². The second-order valence-corrected chi connectivity index (χ2v) is 7.89. The van der Waals surface area contributed by atoms with Crippen molar-refractivity contribution in [1.29, 1.82) is 0 Å². The van der Waals surface area contributed by atoms with Gasteiger partial charge < -0.3 is 9.47 Å². The Morgan fingerprint density at radius 3 is 2.74 bits per heavy atom. The monoisotopic (exact) mass is 363 g/mol. The van der Waals surface area contributed by atoms with Crippen LogP contribution in [0.1, 0.15) is 41.9 Å². The highest BCUT2D eigenvalue weighted by Crippen LogP contribution is 2.31. The number of aromatic nitrogens is 4. The number of nitrogens with zero attached hydrogens (tertiary/aromatic N) is 5.